The summed E-state index contributed by atoms with van der Waals surface area (Å²) >= 11 is 0. The zero-order chi connectivity index (χ0) is 18.3. The van der Waals surface area contributed by atoms with Crippen LogP contribution in [-0.2, 0) is 10.3 Å². The molecule has 0 aliphatic heterocycles. The lowest BCUT2D eigenvalue weighted by Gasteiger charge is -2.24. The minimum atomic E-state index is -0.151. The second-order valence-corrected chi connectivity index (χ2v) is 8.11. The average Bonchev–Trinajstić information content (AvgIpc) is 2.95. The van der Waals surface area contributed by atoms with Crippen LogP contribution in [0.2, 0.25) is 0 Å². The number of rotatable bonds is 3. The minimum absolute atomic E-state index is 0.131. The first-order valence-corrected chi connectivity index (χ1v) is 9.33. The van der Waals surface area contributed by atoms with E-state index in [2.05, 4.69) is 49.0 Å². The van der Waals surface area contributed by atoms with Crippen molar-refractivity contribution in [1.82, 2.24) is 9.78 Å². The van der Waals surface area contributed by atoms with E-state index in [1.165, 1.54) is 0 Å². The summed E-state index contributed by atoms with van der Waals surface area (Å²) in [5.74, 6) is 0.286. The Hall–Kier alpha value is -2.62. The van der Waals surface area contributed by atoms with Crippen molar-refractivity contribution in [3.05, 3.63) is 48.5 Å². The third-order valence-corrected chi connectivity index (χ3v) is 5.12. The zero-order valence-corrected chi connectivity index (χ0v) is 15.6. The molecule has 0 saturated heterocycles. The number of hydrogen-bond acceptors (Lipinski definition) is 2. The molecule has 1 amide bonds. The maximum atomic E-state index is 12.6. The van der Waals surface area contributed by atoms with Crippen LogP contribution in [0.15, 0.2) is 48.5 Å². The van der Waals surface area contributed by atoms with E-state index < -0.39 is 0 Å². The molecular formula is C22H25N3O. The van der Waals surface area contributed by atoms with E-state index in [1.807, 2.05) is 30.3 Å². The number of amides is 1. The predicted molar refractivity (Wildman–Crippen MR) is 106 cm³/mol. The van der Waals surface area contributed by atoms with Crippen molar-refractivity contribution in [2.24, 2.45) is 5.92 Å². The number of benzene rings is 2. The molecule has 4 rings (SSSR count). The summed E-state index contributed by atoms with van der Waals surface area (Å²) in [5, 5.41) is 9.13. The Kier molecular flexibility index (Phi) is 4.06. The molecule has 1 N–H and O–H groups in total. The highest BCUT2D eigenvalue weighted by Crippen LogP contribution is 2.37. The number of carbonyl (C=O) groups excluding carboxylic acids is 1. The van der Waals surface area contributed by atoms with Gasteiger partial charge in [0, 0.05) is 11.5 Å². The molecule has 0 bridgehead atoms. The van der Waals surface area contributed by atoms with Crippen molar-refractivity contribution in [2.45, 2.75) is 45.6 Å². The monoisotopic (exact) mass is 347 g/mol. The number of carbonyl (C=O) groups is 1. The third-order valence-electron chi connectivity index (χ3n) is 5.12. The normalized spacial score (nSPS) is 15.0. The number of fused-ring (bicyclic) bond motifs is 1. The summed E-state index contributed by atoms with van der Waals surface area (Å²) < 4.78 is 2.06. The Labute approximate surface area is 154 Å². The van der Waals surface area contributed by atoms with Gasteiger partial charge in [-0.1, -0.05) is 42.8 Å². The van der Waals surface area contributed by atoms with E-state index in [9.17, 15) is 4.79 Å². The fraction of sp³-hybridized carbons (Fsp3) is 0.364. The summed E-state index contributed by atoms with van der Waals surface area (Å²) in [4.78, 5) is 12.6. The Morgan fingerprint density at radius 3 is 2.42 bits per heavy atom. The van der Waals surface area contributed by atoms with E-state index in [0.29, 0.717) is 0 Å². The van der Waals surface area contributed by atoms with Crippen LogP contribution in [0.4, 0.5) is 5.69 Å². The van der Waals surface area contributed by atoms with Gasteiger partial charge in [-0.05, 0) is 45.7 Å². The van der Waals surface area contributed by atoms with Crippen LogP contribution in [0, 0.1) is 5.92 Å². The lowest BCUT2D eigenvalue weighted by Crippen LogP contribution is -2.28. The summed E-state index contributed by atoms with van der Waals surface area (Å²) in [6.07, 6.45) is 3.14. The van der Waals surface area contributed by atoms with Crippen molar-refractivity contribution in [1.29, 1.82) is 0 Å². The molecule has 3 aromatic rings. The number of hydrogen-bond donors (Lipinski definition) is 1. The molecule has 1 aliphatic carbocycles. The standard InChI is InChI=1S/C22H25N3O/c1-22(2,3)25-18-14-8-13-17(23-21(26)16-11-7-12-16)19(18)20(24-25)15-9-5-4-6-10-15/h4-6,8-10,13-14,16H,7,11-12H2,1-3H3,(H,23,26). The molecule has 1 aliphatic rings. The maximum absolute atomic E-state index is 12.6. The van der Waals surface area contributed by atoms with E-state index in [1.54, 1.807) is 0 Å². The molecule has 0 spiro atoms. The number of nitrogens with zero attached hydrogens (tertiary/aromatic N) is 2. The van der Waals surface area contributed by atoms with Gasteiger partial charge in [0.25, 0.3) is 0 Å². The van der Waals surface area contributed by atoms with Gasteiger partial charge in [0.05, 0.1) is 22.1 Å². The Morgan fingerprint density at radius 1 is 1.08 bits per heavy atom. The first-order valence-electron chi connectivity index (χ1n) is 9.33. The molecule has 4 nitrogen and oxygen atoms in total. The van der Waals surface area contributed by atoms with Crippen molar-refractivity contribution < 1.29 is 4.79 Å². The molecule has 1 saturated carbocycles. The zero-order valence-electron chi connectivity index (χ0n) is 15.6. The van der Waals surface area contributed by atoms with Crippen LogP contribution in [0.25, 0.3) is 22.2 Å². The molecule has 0 unspecified atom stereocenters. The fourth-order valence-electron chi connectivity index (χ4n) is 3.49. The number of aromatic nitrogens is 2. The van der Waals surface area contributed by atoms with Crippen LogP contribution >= 0.6 is 0 Å². The van der Waals surface area contributed by atoms with Gasteiger partial charge in [0.1, 0.15) is 5.69 Å². The topological polar surface area (TPSA) is 46.9 Å². The first kappa shape index (κ1) is 16.8. The van der Waals surface area contributed by atoms with Crippen LogP contribution < -0.4 is 5.32 Å². The van der Waals surface area contributed by atoms with Crippen molar-refractivity contribution in [3.8, 4) is 11.3 Å². The average molecular weight is 347 g/mol. The van der Waals surface area contributed by atoms with Crippen molar-refractivity contribution in [2.75, 3.05) is 5.32 Å². The molecule has 0 atom stereocenters. The maximum Gasteiger partial charge on any atom is 0.227 e. The van der Waals surface area contributed by atoms with Crippen molar-refractivity contribution >= 4 is 22.5 Å². The van der Waals surface area contributed by atoms with Gasteiger partial charge in [0.15, 0.2) is 0 Å². The number of anilines is 1. The Balaban J connectivity index is 1.90. The lowest BCUT2D eigenvalue weighted by atomic mass is 9.85. The molecule has 26 heavy (non-hydrogen) atoms. The molecule has 1 aromatic heterocycles. The summed E-state index contributed by atoms with van der Waals surface area (Å²) in [6.45, 7) is 6.44. The Morgan fingerprint density at radius 2 is 1.81 bits per heavy atom. The van der Waals surface area contributed by atoms with Gasteiger partial charge in [-0.15, -0.1) is 0 Å². The predicted octanol–water partition coefficient (Wildman–Crippen LogP) is 5.20. The molecule has 134 valence electrons. The molecule has 0 radical (unpaired) electrons. The second kappa shape index (κ2) is 6.27. The second-order valence-electron chi connectivity index (χ2n) is 8.11. The highest BCUT2D eigenvalue weighted by atomic mass is 16.1. The van der Waals surface area contributed by atoms with Crippen LogP contribution in [0.5, 0.6) is 0 Å². The highest BCUT2D eigenvalue weighted by molar-refractivity contribution is 6.07. The highest BCUT2D eigenvalue weighted by Gasteiger charge is 2.27. The quantitative estimate of drug-likeness (QED) is 0.708. The van der Waals surface area contributed by atoms with E-state index >= 15 is 0 Å². The summed E-state index contributed by atoms with van der Waals surface area (Å²) in [5.41, 5.74) is 3.73. The summed E-state index contributed by atoms with van der Waals surface area (Å²) in [6, 6.07) is 16.3. The molecule has 2 aromatic carbocycles. The fourth-order valence-corrected chi connectivity index (χ4v) is 3.49. The van der Waals surface area contributed by atoms with E-state index in [-0.39, 0.29) is 17.4 Å². The summed E-state index contributed by atoms with van der Waals surface area (Å²) in [7, 11) is 0. The molecular weight excluding hydrogens is 322 g/mol. The minimum Gasteiger partial charge on any atom is -0.325 e. The number of nitrogens with one attached hydrogen (secondary N) is 1. The Bertz CT molecular complexity index is 947. The molecule has 4 heteroatoms. The van der Waals surface area contributed by atoms with Gasteiger partial charge in [-0.25, -0.2) is 0 Å². The lowest BCUT2D eigenvalue weighted by molar-refractivity contribution is -0.122. The molecule has 1 heterocycles. The largest absolute Gasteiger partial charge is 0.325 e. The van der Waals surface area contributed by atoms with Gasteiger partial charge in [0.2, 0.25) is 5.91 Å². The van der Waals surface area contributed by atoms with Crippen LogP contribution in [-0.4, -0.2) is 15.7 Å². The van der Waals surface area contributed by atoms with Gasteiger partial charge in [-0.2, -0.15) is 5.10 Å². The molecule has 1 fully saturated rings. The van der Waals surface area contributed by atoms with Gasteiger partial charge < -0.3 is 5.32 Å². The third kappa shape index (κ3) is 2.90. The van der Waals surface area contributed by atoms with Gasteiger partial charge >= 0.3 is 0 Å². The van der Waals surface area contributed by atoms with E-state index in [0.717, 1.165) is 47.1 Å². The van der Waals surface area contributed by atoms with Crippen molar-refractivity contribution in [3.63, 3.8) is 0 Å². The smallest absolute Gasteiger partial charge is 0.227 e. The van der Waals surface area contributed by atoms with Gasteiger partial charge in [-0.3, -0.25) is 9.48 Å². The van der Waals surface area contributed by atoms with Crippen LogP contribution in [0.3, 0.4) is 0 Å². The van der Waals surface area contributed by atoms with Crippen LogP contribution in [0.1, 0.15) is 40.0 Å². The SMILES string of the molecule is CC(C)(C)n1nc(-c2ccccc2)c2c(NC(=O)C3CCC3)cccc21. The van der Waals surface area contributed by atoms with E-state index in [4.69, 9.17) is 5.10 Å². The first-order chi connectivity index (χ1) is 12.4.